The van der Waals surface area contributed by atoms with E-state index in [1.807, 2.05) is 12.1 Å². The lowest BCUT2D eigenvalue weighted by molar-refractivity contribution is 0.0599. The highest BCUT2D eigenvalue weighted by Crippen LogP contribution is 2.39. The minimum atomic E-state index is -0.218. The van der Waals surface area contributed by atoms with Crippen LogP contribution >= 0.6 is 0 Å². The van der Waals surface area contributed by atoms with Gasteiger partial charge >= 0.3 is 5.97 Å². The summed E-state index contributed by atoms with van der Waals surface area (Å²) in [6.07, 6.45) is 2.09. The lowest BCUT2D eigenvalue weighted by Crippen LogP contribution is -2.12. The Balaban J connectivity index is 2.54. The van der Waals surface area contributed by atoms with Gasteiger partial charge in [-0.25, -0.2) is 4.79 Å². The van der Waals surface area contributed by atoms with Gasteiger partial charge in [0.1, 0.15) is 0 Å². The van der Waals surface area contributed by atoms with Gasteiger partial charge in [0.2, 0.25) is 0 Å². The van der Waals surface area contributed by atoms with Crippen molar-refractivity contribution >= 4 is 5.97 Å². The van der Waals surface area contributed by atoms with Crippen LogP contribution in [0.1, 0.15) is 41.8 Å². The molecule has 0 amide bonds. The van der Waals surface area contributed by atoms with E-state index in [4.69, 9.17) is 4.74 Å². The molecule has 0 aliphatic heterocycles. The van der Waals surface area contributed by atoms with Crippen LogP contribution < -0.4 is 0 Å². The number of benzene rings is 1. The lowest BCUT2D eigenvalue weighted by Gasteiger charge is -2.18. The summed E-state index contributed by atoms with van der Waals surface area (Å²) in [5.41, 5.74) is 3.40. The molecule has 1 aromatic rings. The molecule has 0 spiro atoms. The van der Waals surface area contributed by atoms with Crippen molar-refractivity contribution in [3.63, 3.8) is 0 Å². The van der Waals surface area contributed by atoms with E-state index in [9.17, 15) is 4.79 Å². The van der Waals surface area contributed by atoms with Crippen molar-refractivity contribution in [3.8, 4) is 0 Å². The van der Waals surface area contributed by atoms with E-state index < -0.39 is 0 Å². The molecule has 2 nitrogen and oxygen atoms in total. The highest BCUT2D eigenvalue weighted by molar-refractivity contribution is 5.91. The zero-order valence-electron chi connectivity index (χ0n) is 9.46. The molecule has 2 heteroatoms. The third-order valence-corrected chi connectivity index (χ3v) is 3.31. The van der Waals surface area contributed by atoms with Gasteiger partial charge in [0.15, 0.2) is 0 Å². The Bertz CT molecular complexity index is 405. The van der Waals surface area contributed by atoms with Crippen molar-refractivity contribution in [1.82, 2.24) is 0 Å². The Morgan fingerprint density at radius 3 is 2.80 bits per heavy atom. The fraction of sp³-hybridized carbons (Fsp3) is 0.462. The zero-order valence-corrected chi connectivity index (χ0v) is 9.46. The molecule has 0 atom stereocenters. The summed E-state index contributed by atoms with van der Waals surface area (Å²) in [4.78, 5) is 11.6. The van der Waals surface area contributed by atoms with E-state index in [0.717, 1.165) is 18.4 Å². The molecule has 1 aliphatic carbocycles. The fourth-order valence-corrected chi connectivity index (χ4v) is 2.36. The summed E-state index contributed by atoms with van der Waals surface area (Å²) < 4.78 is 4.79. The first-order valence-corrected chi connectivity index (χ1v) is 5.27. The summed E-state index contributed by atoms with van der Waals surface area (Å²) in [7, 11) is 1.43. The molecule has 0 saturated carbocycles. The van der Waals surface area contributed by atoms with Crippen LogP contribution in [-0.2, 0) is 16.6 Å². The number of methoxy groups -OCH3 is 1. The van der Waals surface area contributed by atoms with Crippen molar-refractivity contribution in [2.24, 2.45) is 0 Å². The van der Waals surface area contributed by atoms with Gasteiger partial charge in [-0.05, 0) is 35.4 Å². The van der Waals surface area contributed by atoms with Gasteiger partial charge in [-0.1, -0.05) is 26.0 Å². The van der Waals surface area contributed by atoms with Crippen LogP contribution in [0, 0.1) is 0 Å². The Morgan fingerprint density at radius 1 is 1.40 bits per heavy atom. The maximum Gasteiger partial charge on any atom is 0.338 e. The Kier molecular flexibility index (Phi) is 2.29. The molecule has 0 fully saturated rings. The predicted molar refractivity (Wildman–Crippen MR) is 59.1 cm³/mol. The minimum absolute atomic E-state index is 0.194. The second kappa shape index (κ2) is 3.37. The Morgan fingerprint density at radius 2 is 2.13 bits per heavy atom. The van der Waals surface area contributed by atoms with Crippen LogP contribution in [0.2, 0.25) is 0 Å². The van der Waals surface area contributed by atoms with Crippen molar-refractivity contribution in [2.45, 2.75) is 32.1 Å². The molecular weight excluding hydrogens is 188 g/mol. The van der Waals surface area contributed by atoms with Crippen LogP contribution in [0.4, 0.5) is 0 Å². The van der Waals surface area contributed by atoms with Crippen molar-refractivity contribution < 1.29 is 9.53 Å². The smallest absolute Gasteiger partial charge is 0.338 e. The summed E-state index contributed by atoms with van der Waals surface area (Å²) in [5.74, 6) is -0.218. The van der Waals surface area contributed by atoms with Gasteiger partial charge in [-0.3, -0.25) is 0 Å². The summed E-state index contributed by atoms with van der Waals surface area (Å²) >= 11 is 0. The maximum atomic E-state index is 11.6. The average molecular weight is 204 g/mol. The lowest BCUT2D eigenvalue weighted by atomic mass is 9.86. The Labute approximate surface area is 90.3 Å². The van der Waals surface area contributed by atoms with E-state index >= 15 is 0 Å². The van der Waals surface area contributed by atoms with E-state index in [0.29, 0.717) is 0 Å². The predicted octanol–water partition coefficient (Wildman–Crippen LogP) is 2.70. The standard InChI is InChI=1S/C13H16O2/c1-13(2)8-7-9-10(12(14)15-3)5-4-6-11(9)13/h4-6H,7-8H2,1-3H3. The first-order valence-electron chi connectivity index (χ1n) is 5.27. The van der Waals surface area contributed by atoms with Crippen molar-refractivity contribution in [3.05, 3.63) is 34.9 Å². The minimum Gasteiger partial charge on any atom is -0.465 e. The molecule has 0 bridgehead atoms. The molecular formula is C13H16O2. The number of carbonyl (C=O) groups excluding carboxylic acids is 1. The highest BCUT2D eigenvalue weighted by Gasteiger charge is 2.32. The molecule has 0 N–H and O–H groups in total. The molecule has 0 saturated heterocycles. The summed E-state index contributed by atoms with van der Waals surface area (Å²) in [5, 5.41) is 0. The molecule has 0 unspecified atom stereocenters. The zero-order chi connectivity index (χ0) is 11.1. The first kappa shape index (κ1) is 10.2. The SMILES string of the molecule is COC(=O)c1cccc2c1CCC2(C)C. The number of esters is 1. The fourth-order valence-electron chi connectivity index (χ4n) is 2.36. The van der Waals surface area contributed by atoms with Gasteiger partial charge in [-0.2, -0.15) is 0 Å². The van der Waals surface area contributed by atoms with Crippen LogP contribution in [0.5, 0.6) is 0 Å². The second-order valence-corrected chi connectivity index (χ2v) is 4.71. The monoisotopic (exact) mass is 204 g/mol. The van der Waals surface area contributed by atoms with Crippen LogP contribution in [0.3, 0.4) is 0 Å². The number of fused-ring (bicyclic) bond motifs is 1. The summed E-state index contributed by atoms with van der Waals surface area (Å²) in [6.45, 7) is 4.44. The quantitative estimate of drug-likeness (QED) is 0.657. The number of carbonyl (C=O) groups is 1. The van der Waals surface area contributed by atoms with Gasteiger partial charge in [0.25, 0.3) is 0 Å². The molecule has 80 valence electrons. The number of ether oxygens (including phenoxy) is 1. The number of hydrogen-bond donors (Lipinski definition) is 0. The normalized spacial score (nSPS) is 17.3. The highest BCUT2D eigenvalue weighted by atomic mass is 16.5. The molecule has 15 heavy (non-hydrogen) atoms. The first-order chi connectivity index (χ1) is 7.06. The molecule has 1 aliphatic rings. The van der Waals surface area contributed by atoms with Crippen molar-refractivity contribution in [1.29, 1.82) is 0 Å². The summed E-state index contributed by atoms with van der Waals surface area (Å²) in [6, 6.07) is 5.92. The average Bonchev–Trinajstić information content (AvgIpc) is 2.54. The molecule has 1 aromatic carbocycles. The van der Waals surface area contributed by atoms with Gasteiger partial charge in [0.05, 0.1) is 12.7 Å². The van der Waals surface area contributed by atoms with Gasteiger partial charge in [-0.15, -0.1) is 0 Å². The third kappa shape index (κ3) is 1.54. The largest absolute Gasteiger partial charge is 0.465 e. The Hall–Kier alpha value is -1.31. The number of hydrogen-bond acceptors (Lipinski definition) is 2. The molecule has 0 heterocycles. The van der Waals surface area contributed by atoms with Gasteiger partial charge < -0.3 is 4.74 Å². The van der Waals surface area contributed by atoms with E-state index in [-0.39, 0.29) is 11.4 Å². The molecule has 0 aromatic heterocycles. The molecule has 2 rings (SSSR count). The van der Waals surface area contributed by atoms with Crippen molar-refractivity contribution in [2.75, 3.05) is 7.11 Å². The van der Waals surface area contributed by atoms with Crippen LogP contribution in [0.25, 0.3) is 0 Å². The molecule has 0 radical (unpaired) electrons. The third-order valence-electron chi connectivity index (χ3n) is 3.31. The second-order valence-electron chi connectivity index (χ2n) is 4.71. The maximum absolute atomic E-state index is 11.6. The van der Waals surface area contributed by atoms with E-state index in [1.165, 1.54) is 18.2 Å². The van der Waals surface area contributed by atoms with Crippen LogP contribution in [-0.4, -0.2) is 13.1 Å². The van der Waals surface area contributed by atoms with E-state index in [2.05, 4.69) is 19.9 Å². The topological polar surface area (TPSA) is 26.3 Å². The van der Waals surface area contributed by atoms with Crippen LogP contribution in [0.15, 0.2) is 18.2 Å². The van der Waals surface area contributed by atoms with Gasteiger partial charge in [0, 0.05) is 0 Å². The number of rotatable bonds is 1. The van der Waals surface area contributed by atoms with E-state index in [1.54, 1.807) is 0 Å².